The average molecular weight is 250 g/mol. The number of ether oxygens (including phenoxy) is 1. The predicted octanol–water partition coefficient (Wildman–Crippen LogP) is 1.06. The molecule has 4 heteroatoms. The van der Waals surface area contributed by atoms with E-state index in [0.717, 1.165) is 6.54 Å². The Balaban J connectivity index is 0.000000199. The van der Waals surface area contributed by atoms with Crippen molar-refractivity contribution in [2.45, 2.75) is 13.0 Å². The molecule has 1 N–H and O–H groups in total. The summed E-state index contributed by atoms with van der Waals surface area (Å²) in [6.45, 7) is 4.19. The van der Waals surface area contributed by atoms with Crippen molar-refractivity contribution in [2.75, 3.05) is 33.8 Å². The molecule has 0 bridgehead atoms. The van der Waals surface area contributed by atoms with Gasteiger partial charge in [-0.25, -0.2) is 0 Å². The molecule has 1 aromatic carbocycles. The zero-order valence-electron chi connectivity index (χ0n) is 11.3. The number of morpholine rings is 1. The summed E-state index contributed by atoms with van der Waals surface area (Å²) in [6.07, 6.45) is -0.279. The van der Waals surface area contributed by atoms with Crippen LogP contribution in [0.3, 0.4) is 0 Å². The maximum atomic E-state index is 11.3. The molecule has 1 aliphatic heterocycles. The van der Waals surface area contributed by atoms with Crippen LogP contribution < -0.4 is 5.32 Å². The lowest BCUT2D eigenvalue weighted by Crippen LogP contribution is -2.47. The highest BCUT2D eigenvalue weighted by atomic mass is 16.5. The minimum atomic E-state index is -0.279. The largest absolute Gasteiger partial charge is 0.366 e. The summed E-state index contributed by atoms with van der Waals surface area (Å²) >= 11 is 0. The van der Waals surface area contributed by atoms with Crippen molar-refractivity contribution in [2.24, 2.45) is 0 Å². The number of hydrogen-bond acceptors (Lipinski definition) is 3. The van der Waals surface area contributed by atoms with Gasteiger partial charge in [0.2, 0.25) is 0 Å². The van der Waals surface area contributed by atoms with E-state index in [1.807, 2.05) is 18.2 Å². The Kier molecular flexibility index (Phi) is 6.39. The van der Waals surface area contributed by atoms with Gasteiger partial charge in [0.15, 0.2) is 0 Å². The summed E-state index contributed by atoms with van der Waals surface area (Å²) in [5, 5.41) is 3.10. The van der Waals surface area contributed by atoms with Gasteiger partial charge in [-0.1, -0.05) is 35.9 Å². The van der Waals surface area contributed by atoms with E-state index in [9.17, 15) is 4.79 Å². The number of amides is 1. The zero-order valence-corrected chi connectivity index (χ0v) is 11.3. The average Bonchev–Trinajstić information content (AvgIpc) is 2.40. The summed E-state index contributed by atoms with van der Waals surface area (Å²) in [5.74, 6) is 0.0391. The SMILES string of the molecule is CN(C)C(=O)C1CNCCO1.Cc1ccccc1. The highest BCUT2D eigenvalue weighted by Gasteiger charge is 2.22. The minimum absolute atomic E-state index is 0.0391. The van der Waals surface area contributed by atoms with Crippen LogP contribution in [0.1, 0.15) is 5.56 Å². The highest BCUT2D eigenvalue weighted by Crippen LogP contribution is 1.98. The molecule has 1 aromatic rings. The minimum Gasteiger partial charge on any atom is -0.366 e. The first-order valence-corrected chi connectivity index (χ1v) is 6.16. The first-order chi connectivity index (χ1) is 8.61. The fourth-order valence-electron chi connectivity index (χ4n) is 1.55. The van der Waals surface area contributed by atoms with E-state index in [1.54, 1.807) is 19.0 Å². The number of nitrogens with one attached hydrogen (secondary N) is 1. The number of carbonyl (C=O) groups excluding carboxylic acids is 1. The van der Waals surface area contributed by atoms with Gasteiger partial charge in [0.05, 0.1) is 6.61 Å². The summed E-state index contributed by atoms with van der Waals surface area (Å²) in [5.41, 5.74) is 1.32. The maximum Gasteiger partial charge on any atom is 0.252 e. The molecule has 1 amide bonds. The number of hydrogen-bond donors (Lipinski definition) is 1. The second-order valence-electron chi connectivity index (χ2n) is 4.45. The summed E-state index contributed by atoms with van der Waals surface area (Å²) in [4.78, 5) is 12.8. The van der Waals surface area contributed by atoms with Crippen LogP contribution in [0.4, 0.5) is 0 Å². The van der Waals surface area contributed by atoms with Gasteiger partial charge >= 0.3 is 0 Å². The Hall–Kier alpha value is -1.39. The Morgan fingerprint density at radius 3 is 2.39 bits per heavy atom. The number of nitrogens with zero attached hydrogens (tertiary/aromatic N) is 1. The van der Waals surface area contributed by atoms with Gasteiger partial charge in [0.25, 0.3) is 5.91 Å². The van der Waals surface area contributed by atoms with Crippen molar-refractivity contribution >= 4 is 5.91 Å². The van der Waals surface area contributed by atoms with E-state index in [0.29, 0.717) is 13.2 Å². The fourth-order valence-corrected chi connectivity index (χ4v) is 1.55. The van der Waals surface area contributed by atoms with Gasteiger partial charge in [-0.3, -0.25) is 4.79 Å². The van der Waals surface area contributed by atoms with Crippen LogP contribution >= 0.6 is 0 Å². The normalized spacial score (nSPS) is 18.5. The molecule has 1 fully saturated rings. The third kappa shape index (κ3) is 5.29. The van der Waals surface area contributed by atoms with Gasteiger partial charge in [-0.15, -0.1) is 0 Å². The van der Waals surface area contributed by atoms with E-state index >= 15 is 0 Å². The molecule has 18 heavy (non-hydrogen) atoms. The lowest BCUT2D eigenvalue weighted by atomic mass is 10.2. The molecular weight excluding hydrogens is 228 g/mol. The maximum absolute atomic E-state index is 11.3. The van der Waals surface area contributed by atoms with E-state index in [2.05, 4.69) is 24.4 Å². The molecule has 4 nitrogen and oxygen atoms in total. The molecular formula is C14H22N2O2. The first kappa shape index (κ1) is 14.7. The second kappa shape index (κ2) is 7.84. The molecule has 100 valence electrons. The molecule has 1 aliphatic rings. The Morgan fingerprint density at radius 2 is 2.00 bits per heavy atom. The molecule has 0 spiro atoms. The topological polar surface area (TPSA) is 41.6 Å². The quantitative estimate of drug-likeness (QED) is 0.810. The molecule has 0 aliphatic carbocycles. The third-order valence-corrected chi connectivity index (χ3v) is 2.58. The predicted molar refractivity (Wildman–Crippen MR) is 72.5 cm³/mol. The lowest BCUT2D eigenvalue weighted by Gasteiger charge is -2.25. The second-order valence-corrected chi connectivity index (χ2v) is 4.45. The molecule has 0 aromatic heterocycles. The van der Waals surface area contributed by atoms with Gasteiger partial charge in [-0.05, 0) is 6.92 Å². The van der Waals surface area contributed by atoms with E-state index in [4.69, 9.17) is 4.74 Å². The monoisotopic (exact) mass is 250 g/mol. The smallest absolute Gasteiger partial charge is 0.252 e. The van der Waals surface area contributed by atoms with Gasteiger partial charge < -0.3 is 15.0 Å². The number of carbonyl (C=O) groups is 1. The Labute approximate surface area is 109 Å². The Morgan fingerprint density at radius 1 is 1.33 bits per heavy atom. The number of rotatable bonds is 1. The molecule has 1 saturated heterocycles. The number of likely N-dealkylation sites (N-methyl/N-ethyl adjacent to an activating group) is 1. The highest BCUT2D eigenvalue weighted by molar-refractivity contribution is 5.80. The summed E-state index contributed by atoms with van der Waals surface area (Å²) in [6, 6.07) is 10.3. The van der Waals surface area contributed by atoms with Gasteiger partial charge in [0.1, 0.15) is 6.10 Å². The standard InChI is InChI=1S/C7H14N2O2.C7H8/c1-9(2)7(10)6-5-8-3-4-11-6;1-7-5-3-2-4-6-7/h6,8H,3-5H2,1-2H3;2-6H,1H3. The van der Waals surface area contributed by atoms with E-state index in [-0.39, 0.29) is 12.0 Å². The van der Waals surface area contributed by atoms with Crippen LogP contribution in [0.15, 0.2) is 30.3 Å². The van der Waals surface area contributed by atoms with Crippen LogP contribution in [-0.4, -0.2) is 50.7 Å². The summed E-state index contributed by atoms with van der Waals surface area (Å²) < 4.78 is 5.25. The first-order valence-electron chi connectivity index (χ1n) is 6.16. The van der Waals surface area contributed by atoms with Crippen molar-refractivity contribution in [3.05, 3.63) is 35.9 Å². The number of aryl methyl sites for hydroxylation is 1. The van der Waals surface area contributed by atoms with E-state index in [1.165, 1.54) is 5.56 Å². The third-order valence-electron chi connectivity index (χ3n) is 2.58. The molecule has 0 saturated carbocycles. The van der Waals surface area contributed by atoms with Crippen LogP contribution in [0.2, 0.25) is 0 Å². The van der Waals surface area contributed by atoms with Crippen molar-refractivity contribution in [3.8, 4) is 0 Å². The molecule has 1 atom stereocenters. The van der Waals surface area contributed by atoms with Crippen LogP contribution in [0.5, 0.6) is 0 Å². The van der Waals surface area contributed by atoms with Crippen LogP contribution in [-0.2, 0) is 9.53 Å². The van der Waals surface area contributed by atoms with Crippen molar-refractivity contribution < 1.29 is 9.53 Å². The molecule has 0 radical (unpaired) electrons. The van der Waals surface area contributed by atoms with Crippen molar-refractivity contribution in [1.82, 2.24) is 10.2 Å². The Bertz CT molecular complexity index is 346. The molecule has 1 heterocycles. The summed E-state index contributed by atoms with van der Waals surface area (Å²) in [7, 11) is 3.47. The fraction of sp³-hybridized carbons (Fsp3) is 0.500. The van der Waals surface area contributed by atoms with Crippen LogP contribution in [0.25, 0.3) is 0 Å². The zero-order chi connectivity index (χ0) is 13.4. The van der Waals surface area contributed by atoms with Crippen LogP contribution in [0, 0.1) is 6.92 Å². The van der Waals surface area contributed by atoms with Crippen molar-refractivity contribution in [3.63, 3.8) is 0 Å². The molecule has 1 unspecified atom stereocenters. The van der Waals surface area contributed by atoms with Gasteiger partial charge in [-0.2, -0.15) is 0 Å². The van der Waals surface area contributed by atoms with Crippen molar-refractivity contribution in [1.29, 1.82) is 0 Å². The molecule has 2 rings (SSSR count). The van der Waals surface area contributed by atoms with Gasteiger partial charge in [0, 0.05) is 27.2 Å². The lowest BCUT2D eigenvalue weighted by molar-refractivity contribution is -0.142. The number of benzene rings is 1. The van der Waals surface area contributed by atoms with E-state index < -0.39 is 0 Å².